The van der Waals surface area contributed by atoms with Crippen LogP contribution in [0.25, 0.3) is 0 Å². The molecule has 0 saturated heterocycles. The maximum absolute atomic E-state index is 11.3. The van der Waals surface area contributed by atoms with Gasteiger partial charge in [-0.25, -0.2) is 4.79 Å². The van der Waals surface area contributed by atoms with Crippen LogP contribution in [0.15, 0.2) is 18.2 Å². The number of rotatable bonds is 2. The summed E-state index contributed by atoms with van der Waals surface area (Å²) in [5.74, 6) is 0.841. The predicted molar refractivity (Wildman–Crippen MR) is 65.9 cm³/mol. The monoisotopic (exact) mass is 236 g/mol. The molecule has 1 aliphatic heterocycles. The molecule has 0 spiro atoms. The fraction of sp³-hybridized carbons (Fsp3) is 0.417. The summed E-state index contributed by atoms with van der Waals surface area (Å²) in [5.41, 5.74) is 1.69. The van der Waals surface area contributed by atoms with Crippen molar-refractivity contribution in [1.29, 1.82) is 0 Å². The topological polar surface area (TPSA) is 50.8 Å². The van der Waals surface area contributed by atoms with Gasteiger partial charge >= 0.3 is 6.09 Å². The quantitative estimate of drug-likeness (QED) is 0.854. The number of benzene rings is 1. The number of likely N-dealkylation sites (N-methyl/N-ethyl adjacent to an activating group) is 1. The number of hydrogen-bond donors (Lipinski definition) is 1. The van der Waals surface area contributed by atoms with Crippen molar-refractivity contribution in [2.75, 3.05) is 37.0 Å². The minimum Gasteiger partial charge on any atom is -0.490 e. The van der Waals surface area contributed by atoms with Crippen LogP contribution in [-0.2, 0) is 4.74 Å². The molecule has 1 amide bonds. The summed E-state index contributed by atoms with van der Waals surface area (Å²) in [6, 6.07) is 5.53. The van der Waals surface area contributed by atoms with Crippen molar-refractivity contribution in [1.82, 2.24) is 0 Å². The standard InChI is InChI=1S/C12H16N2O3/c1-3-16-12(15)13-9-4-5-11-10(8-9)14(2)6-7-17-11/h4-5,8H,3,6-7H2,1-2H3,(H,13,15). The van der Waals surface area contributed by atoms with Crippen LogP contribution in [0.3, 0.4) is 0 Å². The van der Waals surface area contributed by atoms with E-state index >= 15 is 0 Å². The lowest BCUT2D eigenvalue weighted by Crippen LogP contribution is -2.28. The minimum atomic E-state index is -0.438. The summed E-state index contributed by atoms with van der Waals surface area (Å²) in [4.78, 5) is 13.4. The lowest BCUT2D eigenvalue weighted by molar-refractivity contribution is 0.168. The number of nitrogens with one attached hydrogen (secondary N) is 1. The molecule has 1 aliphatic rings. The first kappa shape index (κ1) is 11.6. The van der Waals surface area contributed by atoms with E-state index in [0.717, 1.165) is 18.0 Å². The zero-order valence-electron chi connectivity index (χ0n) is 10.0. The Labute approximate surface area is 100 Å². The van der Waals surface area contributed by atoms with Gasteiger partial charge in [0.15, 0.2) is 0 Å². The second kappa shape index (κ2) is 4.95. The van der Waals surface area contributed by atoms with E-state index < -0.39 is 6.09 Å². The van der Waals surface area contributed by atoms with Gasteiger partial charge in [-0.05, 0) is 25.1 Å². The second-order valence-electron chi connectivity index (χ2n) is 3.80. The summed E-state index contributed by atoms with van der Waals surface area (Å²) < 4.78 is 10.3. The van der Waals surface area contributed by atoms with E-state index in [1.165, 1.54) is 0 Å². The lowest BCUT2D eigenvalue weighted by Gasteiger charge is -2.28. The Morgan fingerprint density at radius 2 is 2.41 bits per heavy atom. The summed E-state index contributed by atoms with van der Waals surface area (Å²) in [5, 5.41) is 2.67. The first-order valence-corrected chi connectivity index (χ1v) is 5.62. The summed E-state index contributed by atoms with van der Waals surface area (Å²) >= 11 is 0. The molecule has 5 nitrogen and oxygen atoms in total. The normalized spacial score (nSPS) is 13.6. The van der Waals surface area contributed by atoms with E-state index in [4.69, 9.17) is 9.47 Å². The molecule has 2 rings (SSSR count). The molecular weight excluding hydrogens is 220 g/mol. The molecule has 17 heavy (non-hydrogen) atoms. The van der Waals surface area contributed by atoms with Gasteiger partial charge in [0, 0.05) is 12.7 Å². The van der Waals surface area contributed by atoms with Gasteiger partial charge in [-0.15, -0.1) is 0 Å². The predicted octanol–water partition coefficient (Wildman–Crippen LogP) is 2.08. The van der Waals surface area contributed by atoms with Gasteiger partial charge < -0.3 is 14.4 Å². The molecule has 0 aromatic heterocycles. The number of hydrogen-bond acceptors (Lipinski definition) is 4. The van der Waals surface area contributed by atoms with Crippen LogP contribution >= 0.6 is 0 Å². The smallest absolute Gasteiger partial charge is 0.411 e. The fourth-order valence-electron chi connectivity index (χ4n) is 1.71. The second-order valence-corrected chi connectivity index (χ2v) is 3.80. The number of fused-ring (bicyclic) bond motifs is 1. The first-order chi connectivity index (χ1) is 8.20. The van der Waals surface area contributed by atoms with Crippen LogP contribution in [0.4, 0.5) is 16.2 Å². The van der Waals surface area contributed by atoms with E-state index in [1.807, 2.05) is 19.2 Å². The van der Waals surface area contributed by atoms with E-state index in [1.54, 1.807) is 13.0 Å². The largest absolute Gasteiger partial charge is 0.490 e. The third kappa shape index (κ3) is 2.61. The van der Waals surface area contributed by atoms with Crippen molar-refractivity contribution >= 4 is 17.5 Å². The lowest BCUT2D eigenvalue weighted by atomic mass is 10.2. The fourth-order valence-corrected chi connectivity index (χ4v) is 1.71. The van der Waals surface area contributed by atoms with Gasteiger partial charge in [-0.3, -0.25) is 5.32 Å². The number of carbonyl (C=O) groups excluding carboxylic acids is 1. The molecule has 1 aromatic carbocycles. The van der Waals surface area contributed by atoms with Crippen molar-refractivity contribution in [3.05, 3.63) is 18.2 Å². The van der Waals surface area contributed by atoms with E-state index in [9.17, 15) is 4.79 Å². The number of ether oxygens (including phenoxy) is 2. The summed E-state index contributed by atoms with van der Waals surface area (Å²) in [6.45, 7) is 3.66. The molecule has 0 unspecified atom stereocenters. The Balaban J connectivity index is 2.15. The molecule has 1 N–H and O–H groups in total. The van der Waals surface area contributed by atoms with Gasteiger partial charge in [0.2, 0.25) is 0 Å². The molecular formula is C12H16N2O3. The van der Waals surface area contributed by atoms with E-state index in [0.29, 0.717) is 18.9 Å². The van der Waals surface area contributed by atoms with Crippen LogP contribution < -0.4 is 15.0 Å². The van der Waals surface area contributed by atoms with E-state index in [2.05, 4.69) is 10.2 Å². The van der Waals surface area contributed by atoms with Crippen molar-refractivity contribution < 1.29 is 14.3 Å². The third-order valence-electron chi connectivity index (χ3n) is 2.58. The van der Waals surface area contributed by atoms with Crippen LogP contribution in [0.2, 0.25) is 0 Å². The number of amides is 1. The molecule has 1 heterocycles. The van der Waals surface area contributed by atoms with Crippen molar-refractivity contribution in [2.45, 2.75) is 6.92 Å². The van der Waals surface area contributed by atoms with Crippen LogP contribution in [0.1, 0.15) is 6.92 Å². The van der Waals surface area contributed by atoms with Crippen LogP contribution in [0, 0.1) is 0 Å². The summed E-state index contributed by atoms with van der Waals surface area (Å²) in [7, 11) is 2.00. The SMILES string of the molecule is CCOC(=O)Nc1ccc2c(c1)N(C)CCO2. The molecule has 92 valence electrons. The van der Waals surface area contributed by atoms with Gasteiger partial charge in [0.25, 0.3) is 0 Å². The van der Waals surface area contributed by atoms with Crippen LogP contribution in [-0.4, -0.2) is 32.9 Å². The maximum atomic E-state index is 11.3. The Morgan fingerprint density at radius 3 is 3.18 bits per heavy atom. The molecule has 0 radical (unpaired) electrons. The van der Waals surface area contributed by atoms with Crippen LogP contribution in [0.5, 0.6) is 5.75 Å². The number of nitrogens with zero attached hydrogens (tertiary/aromatic N) is 1. The molecule has 0 atom stereocenters. The zero-order chi connectivity index (χ0) is 12.3. The Kier molecular flexibility index (Phi) is 3.37. The van der Waals surface area contributed by atoms with E-state index in [-0.39, 0.29) is 0 Å². The Bertz CT molecular complexity index is 420. The molecule has 0 aliphatic carbocycles. The number of anilines is 2. The zero-order valence-corrected chi connectivity index (χ0v) is 10.0. The minimum absolute atomic E-state index is 0.361. The summed E-state index contributed by atoms with van der Waals surface area (Å²) in [6.07, 6.45) is -0.438. The molecule has 0 bridgehead atoms. The molecule has 0 fully saturated rings. The van der Waals surface area contributed by atoms with Gasteiger partial charge in [-0.2, -0.15) is 0 Å². The highest BCUT2D eigenvalue weighted by Crippen LogP contribution is 2.33. The average Bonchev–Trinajstić information content (AvgIpc) is 2.30. The van der Waals surface area contributed by atoms with Crippen molar-refractivity contribution in [2.24, 2.45) is 0 Å². The third-order valence-corrected chi connectivity index (χ3v) is 2.58. The highest BCUT2D eigenvalue weighted by atomic mass is 16.5. The molecule has 0 saturated carbocycles. The van der Waals surface area contributed by atoms with Gasteiger partial charge in [0.1, 0.15) is 12.4 Å². The van der Waals surface area contributed by atoms with Gasteiger partial charge in [0.05, 0.1) is 18.8 Å². The average molecular weight is 236 g/mol. The Hall–Kier alpha value is -1.91. The Morgan fingerprint density at radius 1 is 1.59 bits per heavy atom. The molecule has 1 aromatic rings. The first-order valence-electron chi connectivity index (χ1n) is 5.62. The highest BCUT2D eigenvalue weighted by Gasteiger charge is 2.15. The number of carbonyl (C=O) groups is 1. The maximum Gasteiger partial charge on any atom is 0.411 e. The van der Waals surface area contributed by atoms with Crippen molar-refractivity contribution in [3.63, 3.8) is 0 Å². The highest BCUT2D eigenvalue weighted by molar-refractivity contribution is 5.86. The van der Waals surface area contributed by atoms with Crippen molar-refractivity contribution in [3.8, 4) is 5.75 Å². The van der Waals surface area contributed by atoms with Gasteiger partial charge in [-0.1, -0.05) is 0 Å². The molecule has 5 heteroatoms.